The van der Waals surface area contributed by atoms with Gasteiger partial charge in [-0.15, -0.1) is 0 Å². The van der Waals surface area contributed by atoms with E-state index in [-0.39, 0.29) is 0 Å². The van der Waals surface area contributed by atoms with Crippen molar-refractivity contribution in [3.63, 3.8) is 0 Å². The number of ether oxygens (including phenoxy) is 2. The van der Waals surface area contributed by atoms with Crippen LogP contribution in [0.1, 0.15) is 0 Å². The molecule has 0 saturated carbocycles. The van der Waals surface area contributed by atoms with Gasteiger partial charge < -0.3 is 14.4 Å². The first-order valence-electron chi connectivity index (χ1n) is 7.55. The van der Waals surface area contributed by atoms with E-state index in [2.05, 4.69) is 21.5 Å². The largest absolute Gasteiger partial charge is 0.491 e. The fourth-order valence-electron chi connectivity index (χ4n) is 2.50. The summed E-state index contributed by atoms with van der Waals surface area (Å²) in [6.07, 6.45) is 0. The highest BCUT2D eigenvalue weighted by atomic mass is 35.5. The summed E-state index contributed by atoms with van der Waals surface area (Å²) in [4.78, 5) is 8.63. The molecule has 0 amide bonds. The Balaban J connectivity index is 1.89. The molecule has 6 heteroatoms. The van der Waals surface area contributed by atoms with Crippen LogP contribution in [-0.4, -0.2) is 71.2 Å². The van der Waals surface area contributed by atoms with Gasteiger partial charge in [0.05, 0.1) is 23.9 Å². The lowest BCUT2D eigenvalue weighted by atomic mass is 10.2. The predicted molar refractivity (Wildman–Crippen MR) is 91.9 cm³/mol. The number of piperazine rings is 1. The van der Waals surface area contributed by atoms with E-state index in [4.69, 9.17) is 21.1 Å². The summed E-state index contributed by atoms with van der Waals surface area (Å²) in [7, 11) is 1.66. The summed E-state index contributed by atoms with van der Waals surface area (Å²) in [6, 6.07) is 5.87. The van der Waals surface area contributed by atoms with Crippen LogP contribution < -0.4 is 9.64 Å². The van der Waals surface area contributed by atoms with Crippen LogP contribution in [0, 0.1) is 0 Å². The Morgan fingerprint density at radius 1 is 1.23 bits per heavy atom. The van der Waals surface area contributed by atoms with Gasteiger partial charge in [0.2, 0.25) is 0 Å². The molecule has 1 aliphatic rings. The monoisotopic (exact) mass is 325 g/mol. The molecular weight excluding hydrogens is 302 g/mol. The van der Waals surface area contributed by atoms with Gasteiger partial charge in [-0.25, -0.2) is 0 Å². The van der Waals surface area contributed by atoms with E-state index in [1.54, 1.807) is 7.11 Å². The molecular formula is C16H24ClN3O2. The highest BCUT2D eigenvalue weighted by Crippen LogP contribution is 2.30. The number of hydrogen-bond acceptors (Lipinski definition) is 5. The van der Waals surface area contributed by atoms with Gasteiger partial charge in [-0.3, -0.25) is 9.89 Å². The highest BCUT2D eigenvalue weighted by Gasteiger charge is 2.18. The minimum Gasteiger partial charge on any atom is -0.491 e. The van der Waals surface area contributed by atoms with E-state index in [0.717, 1.165) is 55.7 Å². The van der Waals surface area contributed by atoms with E-state index in [9.17, 15) is 0 Å². The maximum atomic E-state index is 6.41. The van der Waals surface area contributed by atoms with Crippen molar-refractivity contribution < 1.29 is 9.47 Å². The minimum atomic E-state index is 0.530. The number of benzene rings is 1. The number of halogens is 1. The van der Waals surface area contributed by atoms with Crippen LogP contribution in [0.3, 0.4) is 0 Å². The maximum Gasteiger partial charge on any atom is 0.121 e. The number of nitrogens with zero attached hydrogens (tertiary/aromatic N) is 3. The summed E-state index contributed by atoms with van der Waals surface area (Å²) in [5.41, 5.74) is 1.07. The Morgan fingerprint density at radius 3 is 2.64 bits per heavy atom. The van der Waals surface area contributed by atoms with Gasteiger partial charge >= 0.3 is 0 Å². The molecule has 0 aromatic heterocycles. The van der Waals surface area contributed by atoms with Gasteiger partial charge in [-0.2, -0.15) is 0 Å². The second-order valence-electron chi connectivity index (χ2n) is 5.23. The third-order valence-electron chi connectivity index (χ3n) is 3.76. The molecule has 122 valence electrons. The Kier molecular flexibility index (Phi) is 6.96. The number of aliphatic imine (C=N–C) groups is 1. The zero-order chi connectivity index (χ0) is 15.8. The van der Waals surface area contributed by atoms with Crippen molar-refractivity contribution in [1.82, 2.24) is 4.90 Å². The minimum absolute atomic E-state index is 0.530. The quantitative estimate of drug-likeness (QED) is 0.542. The Labute approximate surface area is 137 Å². The molecule has 1 aliphatic heterocycles. The number of hydrogen-bond donors (Lipinski definition) is 0. The van der Waals surface area contributed by atoms with Gasteiger partial charge in [0.1, 0.15) is 12.4 Å². The Morgan fingerprint density at radius 2 is 2.00 bits per heavy atom. The van der Waals surface area contributed by atoms with E-state index >= 15 is 0 Å². The average molecular weight is 326 g/mol. The van der Waals surface area contributed by atoms with E-state index in [1.807, 2.05) is 18.2 Å². The summed E-state index contributed by atoms with van der Waals surface area (Å²) in [5.74, 6) is 0.779. The smallest absolute Gasteiger partial charge is 0.121 e. The summed E-state index contributed by atoms with van der Waals surface area (Å²) < 4.78 is 10.5. The van der Waals surface area contributed by atoms with E-state index in [0.29, 0.717) is 13.2 Å². The van der Waals surface area contributed by atoms with Crippen molar-refractivity contribution in [3.05, 3.63) is 23.2 Å². The summed E-state index contributed by atoms with van der Waals surface area (Å²) in [5, 5.41) is 0.733. The molecule has 0 spiro atoms. The van der Waals surface area contributed by atoms with Crippen molar-refractivity contribution in [3.8, 4) is 5.75 Å². The van der Waals surface area contributed by atoms with Crippen molar-refractivity contribution >= 4 is 24.0 Å². The molecule has 2 rings (SSSR count). The molecule has 1 heterocycles. The van der Waals surface area contributed by atoms with Crippen molar-refractivity contribution in [2.75, 3.05) is 64.5 Å². The van der Waals surface area contributed by atoms with Crippen molar-refractivity contribution in [1.29, 1.82) is 0 Å². The lowest BCUT2D eigenvalue weighted by Crippen LogP contribution is -2.47. The lowest BCUT2D eigenvalue weighted by Gasteiger charge is -2.36. The van der Waals surface area contributed by atoms with Crippen LogP contribution in [-0.2, 0) is 4.74 Å². The maximum absolute atomic E-state index is 6.41. The Hall–Kier alpha value is -1.30. The number of anilines is 1. The van der Waals surface area contributed by atoms with Gasteiger partial charge in [0.15, 0.2) is 0 Å². The first-order valence-corrected chi connectivity index (χ1v) is 7.93. The standard InChI is InChI=1S/C16H24ClN3O2/c1-18-5-6-19-7-9-20(10-8-19)16-4-3-14(13-15(16)17)22-12-11-21-2/h3-4,13H,1,5-12H2,2H3. The molecule has 0 aliphatic carbocycles. The molecule has 1 aromatic rings. The zero-order valence-electron chi connectivity index (χ0n) is 13.1. The molecule has 1 saturated heterocycles. The van der Waals surface area contributed by atoms with Gasteiger partial charge in [-0.1, -0.05) is 11.6 Å². The normalized spacial score (nSPS) is 15.8. The van der Waals surface area contributed by atoms with Crippen LogP contribution >= 0.6 is 11.6 Å². The van der Waals surface area contributed by atoms with Crippen LogP contribution in [0.2, 0.25) is 5.02 Å². The molecule has 22 heavy (non-hydrogen) atoms. The molecule has 1 fully saturated rings. The van der Waals surface area contributed by atoms with E-state index in [1.165, 1.54) is 0 Å². The first-order chi connectivity index (χ1) is 10.7. The highest BCUT2D eigenvalue weighted by molar-refractivity contribution is 6.33. The lowest BCUT2D eigenvalue weighted by molar-refractivity contribution is 0.146. The predicted octanol–water partition coefficient (Wildman–Crippen LogP) is 2.19. The van der Waals surface area contributed by atoms with E-state index < -0.39 is 0 Å². The molecule has 0 bridgehead atoms. The molecule has 0 unspecified atom stereocenters. The van der Waals surface area contributed by atoms with Crippen LogP contribution in [0.15, 0.2) is 23.2 Å². The molecule has 5 nitrogen and oxygen atoms in total. The topological polar surface area (TPSA) is 37.3 Å². The van der Waals surface area contributed by atoms with Crippen LogP contribution in [0.25, 0.3) is 0 Å². The zero-order valence-corrected chi connectivity index (χ0v) is 13.9. The SMILES string of the molecule is C=NCCN1CCN(c2ccc(OCCOC)cc2Cl)CC1. The molecule has 1 aromatic carbocycles. The summed E-state index contributed by atoms with van der Waals surface area (Å²) >= 11 is 6.41. The first kappa shape index (κ1) is 17.1. The number of methoxy groups -OCH3 is 1. The molecule has 0 atom stereocenters. The van der Waals surface area contributed by atoms with Crippen molar-refractivity contribution in [2.45, 2.75) is 0 Å². The fourth-order valence-corrected chi connectivity index (χ4v) is 2.79. The van der Waals surface area contributed by atoms with Gasteiger partial charge in [0, 0.05) is 45.9 Å². The van der Waals surface area contributed by atoms with Crippen LogP contribution in [0.5, 0.6) is 5.75 Å². The third kappa shape index (κ3) is 4.87. The second-order valence-corrected chi connectivity index (χ2v) is 5.64. The second kappa shape index (κ2) is 8.98. The number of rotatable bonds is 8. The van der Waals surface area contributed by atoms with Crippen LogP contribution in [0.4, 0.5) is 5.69 Å². The third-order valence-corrected chi connectivity index (χ3v) is 4.07. The van der Waals surface area contributed by atoms with Crippen molar-refractivity contribution in [2.24, 2.45) is 4.99 Å². The summed E-state index contributed by atoms with van der Waals surface area (Å²) in [6.45, 7) is 10.4. The molecule has 0 radical (unpaired) electrons. The average Bonchev–Trinajstić information content (AvgIpc) is 2.54. The Bertz CT molecular complexity index is 476. The van der Waals surface area contributed by atoms with Gasteiger partial charge in [0.25, 0.3) is 0 Å². The van der Waals surface area contributed by atoms with Gasteiger partial charge in [-0.05, 0) is 18.9 Å². The molecule has 0 N–H and O–H groups in total. The fraction of sp³-hybridized carbons (Fsp3) is 0.562.